The van der Waals surface area contributed by atoms with Crippen LogP contribution in [-0.4, -0.2) is 58.1 Å². The molecule has 0 spiro atoms. The van der Waals surface area contributed by atoms with Crippen molar-refractivity contribution in [1.29, 1.82) is 0 Å². The van der Waals surface area contributed by atoms with Crippen LogP contribution in [0.15, 0.2) is 65.3 Å². The minimum absolute atomic E-state index is 0.0622. The lowest BCUT2D eigenvalue weighted by molar-refractivity contribution is 0.0715. The normalized spacial score (nSPS) is 21.1. The third-order valence-corrected chi connectivity index (χ3v) is 7.35. The molecule has 37 heavy (non-hydrogen) atoms. The number of carbonyl (C=O) groups excluding carboxylic acids is 2. The molecule has 2 aliphatic heterocycles. The maximum atomic E-state index is 13.4. The minimum atomic E-state index is -0.730. The number of hydrogen-bond donors (Lipinski definition) is 3. The first-order valence-corrected chi connectivity index (χ1v) is 13.1. The lowest BCUT2D eigenvalue weighted by atomic mass is 9.95. The second-order valence-electron chi connectivity index (χ2n) is 10.0. The van der Waals surface area contributed by atoms with Crippen molar-refractivity contribution < 1.29 is 19.1 Å². The highest BCUT2D eigenvalue weighted by Gasteiger charge is 2.34. The molecule has 194 valence electrons. The van der Waals surface area contributed by atoms with E-state index in [-0.39, 0.29) is 23.9 Å². The molecular formula is C29H34N4O4. The first kappa shape index (κ1) is 25.2. The number of nitrogens with one attached hydrogen (secondary N) is 2. The van der Waals surface area contributed by atoms with Crippen molar-refractivity contribution in [2.75, 3.05) is 13.1 Å². The Balaban J connectivity index is 1.32. The number of likely N-dealkylation sites (tertiary alicyclic amines) is 1. The van der Waals surface area contributed by atoms with Gasteiger partial charge >= 0.3 is 0 Å². The summed E-state index contributed by atoms with van der Waals surface area (Å²) >= 11 is 0. The molecule has 0 saturated carbocycles. The van der Waals surface area contributed by atoms with Crippen LogP contribution in [0.3, 0.4) is 0 Å². The Morgan fingerprint density at radius 2 is 1.95 bits per heavy atom. The zero-order chi connectivity index (χ0) is 25.8. The van der Waals surface area contributed by atoms with Crippen molar-refractivity contribution >= 4 is 11.8 Å². The molecule has 0 bridgehead atoms. The maximum Gasteiger partial charge on any atom is 0.254 e. The van der Waals surface area contributed by atoms with E-state index in [0.29, 0.717) is 30.0 Å². The van der Waals surface area contributed by atoms with Gasteiger partial charge < -0.3 is 25.1 Å². The summed E-state index contributed by atoms with van der Waals surface area (Å²) in [6.45, 7) is 3.34. The Morgan fingerprint density at radius 1 is 1.14 bits per heavy atom. The number of aryl methyl sites for hydroxylation is 1. The van der Waals surface area contributed by atoms with Gasteiger partial charge in [0.2, 0.25) is 5.89 Å². The van der Waals surface area contributed by atoms with Gasteiger partial charge in [0.05, 0.1) is 17.8 Å². The Bertz CT molecular complexity index is 1220. The average molecular weight is 503 g/mol. The van der Waals surface area contributed by atoms with Gasteiger partial charge in [-0.25, -0.2) is 4.98 Å². The number of aliphatic hydroxyl groups excluding tert-OH is 1. The van der Waals surface area contributed by atoms with Crippen LogP contribution in [0.1, 0.15) is 69.6 Å². The molecule has 3 N–H and O–H groups in total. The number of aromatic nitrogens is 1. The molecular weight excluding hydrogens is 468 g/mol. The molecule has 2 amide bonds. The van der Waals surface area contributed by atoms with Crippen LogP contribution in [0.25, 0.3) is 0 Å². The van der Waals surface area contributed by atoms with Gasteiger partial charge in [0, 0.05) is 23.7 Å². The van der Waals surface area contributed by atoms with Crippen molar-refractivity contribution in [2.24, 2.45) is 0 Å². The highest BCUT2D eigenvalue weighted by atomic mass is 16.3. The number of carbonyl (C=O) groups is 2. The average Bonchev–Trinajstić information content (AvgIpc) is 3.70. The van der Waals surface area contributed by atoms with Crippen molar-refractivity contribution in [1.82, 2.24) is 20.5 Å². The molecule has 3 aromatic rings. The second kappa shape index (κ2) is 11.3. The Hall–Kier alpha value is -3.49. The SMILES string of the molecule is Cc1coc([C@H]2CCCN2C(=O)c2cccc(C(=O)N[C@@H](Cc3ccccc3)[C@H](O)[C@H]3CCCN3)c2)n1. The molecule has 2 fully saturated rings. The summed E-state index contributed by atoms with van der Waals surface area (Å²) in [6, 6.07) is 15.9. The summed E-state index contributed by atoms with van der Waals surface area (Å²) in [4.78, 5) is 33.0. The van der Waals surface area contributed by atoms with E-state index < -0.39 is 12.1 Å². The number of oxazole rings is 1. The van der Waals surface area contributed by atoms with E-state index in [1.807, 2.05) is 37.3 Å². The first-order chi connectivity index (χ1) is 18.0. The smallest absolute Gasteiger partial charge is 0.254 e. The van der Waals surface area contributed by atoms with Crippen molar-refractivity contribution in [2.45, 2.75) is 63.3 Å². The number of nitrogens with zero attached hydrogens (tertiary/aromatic N) is 2. The molecule has 2 aromatic carbocycles. The third-order valence-electron chi connectivity index (χ3n) is 7.35. The number of aliphatic hydroxyl groups is 1. The second-order valence-corrected chi connectivity index (χ2v) is 10.0. The van der Waals surface area contributed by atoms with Gasteiger partial charge in [0.1, 0.15) is 12.3 Å². The van der Waals surface area contributed by atoms with Crippen molar-refractivity contribution in [3.05, 3.63) is 89.1 Å². The molecule has 8 heteroatoms. The van der Waals surface area contributed by atoms with Gasteiger partial charge in [0.15, 0.2) is 0 Å². The van der Waals surface area contributed by atoms with E-state index in [1.165, 1.54) is 0 Å². The van der Waals surface area contributed by atoms with Gasteiger partial charge in [-0.15, -0.1) is 0 Å². The van der Waals surface area contributed by atoms with Crippen molar-refractivity contribution in [3.8, 4) is 0 Å². The molecule has 3 heterocycles. The summed E-state index contributed by atoms with van der Waals surface area (Å²) in [5, 5.41) is 17.5. The number of hydrogen-bond acceptors (Lipinski definition) is 6. The fourth-order valence-corrected chi connectivity index (χ4v) is 5.41. The summed E-state index contributed by atoms with van der Waals surface area (Å²) < 4.78 is 5.59. The highest BCUT2D eigenvalue weighted by molar-refractivity contribution is 6.00. The minimum Gasteiger partial charge on any atom is -0.446 e. The van der Waals surface area contributed by atoms with E-state index in [4.69, 9.17) is 4.42 Å². The molecule has 4 atom stereocenters. The van der Waals surface area contributed by atoms with E-state index in [2.05, 4.69) is 15.6 Å². The Kier molecular flexibility index (Phi) is 7.67. The summed E-state index contributed by atoms with van der Waals surface area (Å²) in [6.07, 6.45) is 4.91. The molecule has 0 radical (unpaired) electrons. The van der Waals surface area contributed by atoms with Gasteiger partial charge in [-0.2, -0.15) is 0 Å². The first-order valence-electron chi connectivity index (χ1n) is 13.1. The van der Waals surface area contributed by atoms with Crippen LogP contribution in [0.2, 0.25) is 0 Å². The number of benzene rings is 2. The monoisotopic (exact) mass is 502 g/mol. The predicted molar refractivity (Wildman–Crippen MR) is 139 cm³/mol. The Morgan fingerprint density at radius 3 is 2.68 bits per heavy atom. The molecule has 1 aromatic heterocycles. The highest BCUT2D eigenvalue weighted by Crippen LogP contribution is 2.32. The summed E-state index contributed by atoms with van der Waals surface area (Å²) in [5.74, 6) is 0.0912. The number of amides is 2. The zero-order valence-electron chi connectivity index (χ0n) is 21.1. The fraction of sp³-hybridized carbons (Fsp3) is 0.414. The lowest BCUT2D eigenvalue weighted by Crippen LogP contribution is -2.52. The van der Waals surface area contributed by atoms with E-state index in [0.717, 1.165) is 43.5 Å². The van der Waals surface area contributed by atoms with Crippen LogP contribution in [-0.2, 0) is 6.42 Å². The topological polar surface area (TPSA) is 108 Å². The van der Waals surface area contributed by atoms with E-state index in [9.17, 15) is 14.7 Å². The largest absolute Gasteiger partial charge is 0.446 e. The van der Waals surface area contributed by atoms with Gasteiger partial charge in [-0.1, -0.05) is 36.4 Å². The third kappa shape index (κ3) is 5.76. The molecule has 2 saturated heterocycles. The lowest BCUT2D eigenvalue weighted by Gasteiger charge is -2.29. The number of rotatable bonds is 8. The van der Waals surface area contributed by atoms with Crippen LogP contribution in [0, 0.1) is 6.92 Å². The van der Waals surface area contributed by atoms with E-state index in [1.54, 1.807) is 35.4 Å². The predicted octanol–water partition coefficient (Wildman–Crippen LogP) is 3.41. The van der Waals surface area contributed by atoms with Crippen LogP contribution >= 0.6 is 0 Å². The van der Waals surface area contributed by atoms with Gasteiger partial charge in [0.25, 0.3) is 11.8 Å². The summed E-state index contributed by atoms with van der Waals surface area (Å²) in [5.41, 5.74) is 2.65. The van der Waals surface area contributed by atoms with Gasteiger partial charge in [-0.3, -0.25) is 9.59 Å². The molecule has 5 rings (SSSR count). The van der Waals surface area contributed by atoms with E-state index >= 15 is 0 Å². The standard InChI is InChI=1S/C29H34N4O4/c1-19-18-37-28(31-19)25-13-7-15-33(25)29(36)22-11-5-10-21(17-22)27(35)32-24(16-20-8-3-2-4-9-20)26(34)23-12-6-14-30-23/h2-5,8-11,17-18,23-26,30,34H,6-7,12-16H2,1H3,(H,32,35)/t23-,24+,25-,26-/m1/s1. The van der Waals surface area contributed by atoms with Crippen LogP contribution in [0.4, 0.5) is 0 Å². The van der Waals surface area contributed by atoms with Gasteiger partial charge in [-0.05, 0) is 69.3 Å². The van der Waals surface area contributed by atoms with Crippen LogP contribution < -0.4 is 10.6 Å². The van der Waals surface area contributed by atoms with Crippen molar-refractivity contribution in [3.63, 3.8) is 0 Å². The quantitative estimate of drug-likeness (QED) is 0.436. The Labute approximate surface area is 217 Å². The zero-order valence-corrected chi connectivity index (χ0v) is 21.1. The molecule has 8 nitrogen and oxygen atoms in total. The molecule has 2 aliphatic rings. The fourth-order valence-electron chi connectivity index (χ4n) is 5.41. The maximum absolute atomic E-state index is 13.4. The summed E-state index contributed by atoms with van der Waals surface area (Å²) in [7, 11) is 0. The van der Waals surface area contributed by atoms with Crippen LogP contribution in [0.5, 0.6) is 0 Å². The molecule has 0 aliphatic carbocycles. The molecule has 0 unspecified atom stereocenters.